The normalized spacial score (nSPS) is 25.9. The largest absolute Gasteiger partial charge is 0.373 e. The molecule has 2 aliphatic rings. The van der Waals surface area contributed by atoms with E-state index in [1.165, 1.54) is 38.8 Å². The molecule has 1 N–H and O–H groups in total. The highest BCUT2D eigenvalue weighted by Gasteiger charge is 2.26. The zero-order valence-corrected chi connectivity index (χ0v) is 10.8. The van der Waals surface area contributed by atoms with E-state index in [2.05, 4.69) is 24.1 Å². The summed E-state index contributed by atoms with van der Waals surface area (Å²) in [5.74, 6) is 0. The van der Waals surface area contributed by atoms with Gasteiger partial charge in [-0.05, 0) is 52.6 Å². The summed E-state index contributed by atoms with van der Waals surface area (Å²) in [5, 5.41) is 3.57. The maximum atomic E-state index is 5.71. The number of nitrogens with zero attached hydrogens (tertiary/aromatic N) is 1. The lowest BCUT2D eigenvalue weighted by atomic mass is 10.1. The van der Waals surface area contributed by atoms with E-state index in [-0.39, 0.29) is 5.60 Å². The van der Waals surface area contributed by atoms with Crippen LogP contribution in [0.15, 0.2) is 0 Å². The topological polar surface area (TPSA) is 24.5 Å². The van der Waals surface area contributed by atoms with Crippen molar-refractivity contribution < 1.29 is 4.74 Å². The number of ether oxygens (including phenoxy) is 1. The fourth-order valence-electron chi connectivity index (χ4n) is 2.36. The maximum Gasteiger partial charge on any atom is 0.0753 e. The summed E-state index contributed by atoms with van der Waals surface area (Å²) < 4.78 is 5.71. The highest BCUT2D eigenvalue weighted by Crippen LogP contribution is 2.19. The Kier molecular flexibility index (Phi) is 4.22. The lowest BCUT2D eigenvalue weighted by Crippen LogP contribution is -2.48. The van der Waals surface area contributed by atoms with Gasteiger partial charge >= 0.3 is 0 Å². The smallest absolute Gasteiger partial charge is 0.0753 e. The van der Waals surface area contributed by atoms with Gasteiger partial charge in [-0.2, -0.15) is 0 Å². The number of rotatable bonds is 6. The molecule has 1 saturated heterocycles. The third-order valence-corrected chi connectivity index (χ3v) is 3.42. The van der Waals surface area contributed by atoms with Gasteiger partial charge in [0, 0.05) is 19.1 Å². The number of nitrogens with one attached hydrogen (secondary N) is 1. The Balaban J connectivity index is 1.51. The summed E-state index contributed by atoms with van der Waals surface area (Å²) in [7, 11) is 0. The van der Waals surface area contributed by atoms with Gasteiger partial charge in [-0.15, -0.1) is 0 Å². The van der Waals surface area contributed by atoms with Crippen molar-refractivity contribution in [3.8, 4) is 0 Å². The van der Waals surface area contributed by atoms with Crippen molar-refractivity contribution in [3.63, 3.8) is 0 Å². The second-order valence-electron chi connectivity index (χ2n) is 5.82. The van der Waals surface area contributed by atoms with Crippen molar-refractivity contribution in [1.29, 1.82) is 0 Å². The van der Waals surface area contributed by atoms with Gasteiger partial charge in [-0.1, -0.05) is 0 Å². The van der Waals surface area contributed by atoms with Crippen molar-refractivity contribution >= 4 is 0 Å². The van der Waals surface area contributed by atoms with Gasteiger partial charge in [-0.25, -0.2) is 0 Å². The molecule has 0 atom stereocenters. The van der Waals surface area contributed by atoms with Gasteiger partial charge < -0.3 is 10.1 Å². The minimum atomic E-state index is 0.0600. The average molecular weight is 226 g/mol. The molecule has 1 heterocycles. The molecule has 94 valence electrons. The molecule has 0 aromatic heterocycles. The number of unbranched alkanes of at least 4 members (excludes halogenated alkanes) is 1. The van der Waals surface area contributed by atoms with Crippen LogP contribution in [0, 0.1) is 0 Å². The van der Waals surface area contributed by atoms with Gasteiger partial charge in [0.1, 0.15) is 0 Å². The quantitative estimate of drug-likeness (QED) is 0.697. The van der Waals surface area contributed by atoms with Crippen LogP contribution in [-0.4, -0.2) is 49.3 Å². The molecule has 0 aromatic carbocycles. The lowest BCUT2D eigenvalue weighted by molar-refractivity contribution is -0.0860. The van der Waals surface area contributed by atoms with Crippen molar-refractivity contribution in [2.24, 2.45) is 0 Å². The Morgan fingerprint density at radius 1 is 1.31 bits per heavy atom. The summed E-state index contributed by atoms with van der Waals surface area (Å²) in [6, 6.07) is 0.863. The van der Waals surface area contributed by atoms with Crippen molar-refractivity contribution in [2.75, 3.05) is 32.8 Å². The fraction of sp³-hybridized carbons (Fsp3) is 1.00. The summed E-state index contributed by atoms with van der Waals surface area (Å²) in [6.07, 6.45) is 5.43. The predicted octanol–water partition coefficient (Wildman–Crippen LogP) is 1.63. The Labute approximate surface area is 99.5 Å². The molecule has 0 unspecified atom stereocenters. The van der Waals surface area contributed by atoms with E-state index in [4.69, 9.17) is 4.74 Å². The first-order chi connectivity index (χ1) is 7.66. The monoisotopic (exact) mass is 226 g/mol. The van der Waals surface area contributed by atoms with Crippen LogP contribution in [0.25, 0.3) is 0 Å². The van der Waals surface area contributed by atoms with Crippen LogP contribution >= 0.6 is 0 Å². The molecule has 3 nitrogen and oxygen atoms in total. The predicted molar refractivity (Wildman–Crippen MR) is 66.7 cm³/mol. The third kappa shape index (κ3) is 4.40. The lowest BCUT2D eigenvalue weighted by Gasteiger charge is -2.38. The van der Waals surface area contributed by atoms with E-state index < -0.39 is 0 Å². The van der Waals surface area contributed by atoms with E-state index in [1.807, 2.05) is 0 Å². The molecule has 2 fully saturated rings. The second kappa shape index (κ2) is 5.48. The van der Waals surface area contributed by atoms with Gasteiger partial charge in [0.2, 0.25) is 0 Å². The van der Waals surface area contributed by atoms with Crippen LogP contribution in [0.1, 0.15) is 39.5 Å². The van der Waals surface area contributed by atoms with E-state index in [1.54, 1.807) is 0 Å². The molecule has 0 aromatic rings. The number of morpholine rings is 1. The Morgan fingerprint density at radius 2 is 2.12 bits per heavy atom. The molecular weight excluding hydrogens is 200 g/mol. The average Bonchev–Trinajstić information content (AvgIpc) is 2.99. The zero-order chi connectivity index (χ0) is 11.4. The Morgan fingerprint density at radius 3 is 2.81 bits per heavy atom. The van der Waals surface area contributed by atoms with Crippen LogP contribution in [0.4, 0.5) is 0 Å². The molecule has 16 heavy (non-hydrogen) atoms. The molecule has 3 heteroatoms. The molecule has 1 saturated carbocycles. The fourth-order valence-corrected chi connectivity index (χ4v) is 2.36. The first kappa shape index (κ1) is 12.3. The van der Waals surface area contributed by atoms with Gasteiger partial charge in [0.15, 0.2) is 0 Å². The van der Waals surface area contributed by atoms with Crippen molar-refractivity contribution in [1.82, 2.24) is 10.2 Å². The summed E-state index contributed by atoms with van der Waals surface area (Å²) >= 11 is 0. The molecule has 0 radical (unpaired) electrons. The maximum absolute atomic E-state index is 5.71. The van der Waals surface area contributed by atoms with E-state index in [9.17, 15) is 0 Å². The summed E-state index contributed by atoms with van der Waals surface area (Å²) in [5.41, 5.74) is 0.0600. The number of hydrogen-bond donors (Lipinski definition) is 1. The molecule has 0 amide bonds. The van der Waals surface area contributed by atoms with E-state index in [0.717, 1.165) is 25.7 Å². The number of hydrogen-bond acceptors (Lipinski definition) is 3. The summed E-state index contributed by atoms with van der Waals surface area (Å²) in [4.78, 5) is 2.54. The highest BCUT2D eigenvalue weighted by molar-refractivity contribution is 4.81. The van der Waals surface area contributed by atoms with Crippen molar-refractivity contribution in [2.45, 2.75) is 51.2 Å². The van der Waals surface area contributed by atoms with E-state index in [0.29, 0.717) is 0 Å². The standard InChI is InChI=1S/C13H26N2O/c1-13(2)11-15(9-10-16-13)8-4-3-7-14-12-5-6-12/h12,14H,3-11H2,1-2H3. The Bertz CT molecular complexity index is 214. The van der Waals surface area contributed by atoms with E-state index >= 15 is 0 Å². The SMILES string of the molecule is CC1(C)CN(CCCCNC2CC2)CCO1. The van der Waals surface area contributed by atoms with Gasteiger partial charge in [-0.3, -0.25) is 4.90 Å². The van der Waals surface area contributed by atoms with Crippen LogP contribution < -0.4 is 5.32 Å². The van der Waals surface area contributed by atoms with Gasteiger partial charge in [0.05, 0.1) is 12.2 Å². The third-order valence-electron chi connectivity index (χ3n) is 3.42. The Hall–Kier alpha value is -0.120. The molecule has 2 rings (SSSR count). The minimum Gasteiger partial charge on any atom is -0.373 e. The zero-order valence-electron chi connectivity index (χ0n) is 10.8. The van der Waals surface area contributed by atoms with Crippen LogP contribution in [-0.2, 0) is 4.74 Å². The summed E-state index contributed by atoms with van der Waals surface area (Å²) in [6.45, 7) is 9.91. The first-order valence-electron chi connectivity index (χ1n) is 6.75. The first-order valence-corrected chi connectivity index (χ1v) is 6.75. The van der Waals surface area contributed by atoms with Gasteiger partial charge in [0.25, 0.3) is 0 Å². The molecule has 1 aliphatic carbocycles. The molecular formula is C13H26N2O. The van der Waals surface area contributed by atoms with Crippen LogP contribution in [0.2, 0.25) is 0 Å². The van der Waals surface area contributed by atoms with Crippen LogP contribution in [0.5, 0.6) is 0 Å². The minimum absolute atomic E-state index is 0.0600. The molecule has 0 bridgehead atoms. The highest BCUT2D eigenvalue weighted by atomic mass is 16.5. The molecule has 0 spiro atoms. The second-order valence-corrected chi connectivity index (χ2v) is 5.82. The van der Waals surface area contributed by atoms with Crippen LogP contribution in [0.3, 0.4) is 0 Å². The van der Waals surface area contributed by atoms with Crippen molar-refractivity contribution in [3.05, 3.63) is 0 Å². The molecule has 1 aliphatic heterocycles.